The number of nitrogens with two attached hydrogens (primary N) is 1. The Balaban J connectivity index is 1.85. The van der Waals surface area contributed by atoms with Gasteiger partial charge in [-0.2, -0.15) is 0 Å². The van der Waals surface area contributed by atoms with Gasteiger partial charge in [0.2, 0.25) is 0 Å². The molecule has 3 nitrogen and oxygen atoms in total. The van der Waals surface area contributed by atoms with Crippen molar-refractivity contribution < 1.29 is 0 Å². The zero-order valence-electron chi connectivity index (χ0n) is 7.57. The van der Waals surface area contributed by atoms with Gasteiger partial charge in [0, 0.05) is 5.38 Å². The molecule has 0 aromatic carbocycles. The molecule has 1 unspecified atom stereocenters. The van der Waals surface area contributed by atoms with E-state index in [1.54, 1.807) is 11.3 Å². The molecule has 4 heteroatoms. The van der Waals surface area contributed by atoms with Crippen LogP contribution in [0.4, 0.5) is 0 Å². The van der Waals surface area contributed by atoms with Crippen molar-refractivity contribution in [1.82, 2.24) is 10.4 Å². The van der Waals surface area contributed by atoms with Gasteiger partial charge in [-0.15, -0.1) is 11.3 Å². The fraction of sp³-hybridized carbons (Fsp3) is 0.667. The maximum absolute atomic E-state index is 5.49. The first-order valence-electron chi connectivity index (χ1n) is 4.74. The largest absolute Gasteiger partial charge is 0.271 e. The Labute approximate surface area is 82.3 Å². The molecule has 0 aliphatic heterocycles. The zero-order valence-corrected chi connectivity index (χ0v) is 8.39. The third kappa shape index (κ3) is 2.49. The molecule has 3 N–H and O–H groups in total. The van der Waals surface area contributed by atoms with Crippen LogP contribution in [0.1, 0.15) is 37.4 Å². The smallest absolute Gasteiger partial charge is 0.0795 e. The van der Waals surface area contributed by atoms with Crippen LogP contribution in [-0.2, 0) is 0 Å². The van der Waals surface area contributed by atoms with Gasteiger partial charge in [0.1, 0.15) is 0 Å². The van der Waals surface area contributed by atoms with E-state index in [9.17, 15) is 0 Å². The highest BCUT2D eigenvalue weighted by Crippen LogP contribution is 2.35. The summed E-state index contributed by atoms with van der Waals surface area (Å²) in [6.45, 7) is 0. The van der Waals surface area contributed by atoms with Crippen molar-refractivity contribution in [3.05, 3.63) is 16.6 Å². The topological polar surface area (TPSA) is 50.9 Å². The number of nitrogens with one attached hydrogen (secondary N) is 1. The molecule has 1 aromatic heterocycles. The number of hydrazine groups is 1. The van der Waals surface area contributed by atoms with Gasteiger partial charge < -0.3 is 0 Å². The molecule has 0 bridgehead atoms. The number of hydrogen-bond donors (Lipinski definition) is 2. The van der Waals surface area contributed by atoms with Crippen molar-refractivity contribution in [3.63, 3.8) is 0 Å². The molecule has 1 fully saturated rings. The first-order chi connectivity index (χ1) is 6.40. The summed E-state index contributed by atoms with van der Waals surface area (Å²) in [5.41, 5.74) is 5.78. The summed E-state index contributed by atoms with van der Waals surface area (Å²) in [7, 11) is 0. The first-order valence-corrected chi connectivity index (χ1v) is 5.68. The van der Waals surface area contributed by atoms with Crippen molar-refractivity contribution in [2.24, 2.45) is 11.8 Å². The van der Waals surface area contributed by atoms with Gasteiger partial charge in [0.15, 0.2) is 0 Å². The molecule has 1 atom stereocenters. The number of hydrogen-bond acceptors (Lipinski definition) is 4. The molecule has 0 saturated heterocycles. The fourth-order valence-corrected chi connectivity index (χ4v) is 2.13. The molecule has 1 saturated carbocycles. The molecular formula is C9H15N3S. The summed E-state index contributed by atoms with van der Waals surface area (Å²) in [4.78, 5) is 4.26. The quantitative estimate of drug-likeness (QED) is 0.559. The van der Waals surface area contributed by atoms with Crippen LogP contribution < -0.4 is 11.3 Å². The Morgan fingerprint density at radius 1 is 1.69 bits per heavy atom. The lowest BCUT2D eigenvalue weighted by Crippen LogP contribution is -2.28. The highest BCUT2D eigenvalue weighted by atomic mass is 32.1. The predicted octanol–water partition coefficient (Wildman–Crippen LogP) is 1.84. The lowest BCUT2D eigenvalue weighted by molar-refractivity contribution is 0.474. The van der Waals surface area contributed by atoms with E-state index in [2.05, 4.69) is 15.8 Å². The Morgan fingerprint density at radius 3 is 3.08 bits per heavy atom. The lowest BCUT2D eigenvalue weighted by Gasteiger charge is -2.12. The fourth-order valence-electron chi connectivity index (χ4n) is 1.52. The molecule has 72 valence electrons. The number of nitrogens with zero attached hydrogens (tertiary/aromatic N) is 1. The molecule has 0 spiro atoms. The molecule has 2 rings (SSSR count). The van der Waals surface area contributed by atoms with Gasteiger partial charge >= 0.3 is 0 Å². The Hall–Kier alpha value is -0.450. The highest BCUT2D eigenvalue weighted by molar-refractivity contribution is 7.07. The van der Waals surface area contributed by atoms with Gasteiger partial charge in [0.05, 0.1) is 17.2 Å². The van der Waals surface area contributed by atoms with Crippen LogP contribution in [0.5, 0.6) is 0 Å². The van der Waals surface area contributed by atoms with Crippen LogP contribution >= 0.6 is 11.3 Å². The SMILES string of the molecule is NNC(CCC1CC1)c1cscn1. The van der Waals surface area contributed by atoms with Crippen LogP contribution in [0, 0.1) is 5.92 Å². The van der Waals surface area contributed by atoms with E-state index in [0.29, 0.717) is 0 Å². The first kappa shape index (κ1) is 9.12. The maximum atomic E-state index is 5.49. The normalized spacial score (nSPS) is 18.8. The van der Waals surface area contributed by atoms with E-state index in [-0.39, 0.29) is 6.04 Å². The highest BCUT2D eigenvalue weighted by Gasteiger charge is 2.23. The van der Waals surface area contributed by atoms with E-state index < -0.39 is 0 Å². The standard InChI is InChI=1S/C9H15N3S/c10-12-8(4-3-7-1-2-7)9-5-13-6-11-9/h5-8,12H,1-4,10H2. The second-order valence-electron chi connectivity index (χ2n) is 3.65. The summed E-state index contributed by atoms with van der Waals surface area (Å²) in [5.74, 6) is 6.45. The van der Waals surface area contributed by atoms with Crippen molar-refractivity contribution in [3.8, 4) is 0 Å². The predicted molar refractivity (Wildman–Crippen MR) is 54.1 cm³/mol. The Kier molecular flexibility index (Phi) is 2.93. The van der Waals surface area contributed by atoms with E-state index in [0.717, 1.165) is 18.0 Å². The number of aromatic nitrogens is 1. The van der Waals surface area contributed by atoms with Crippen LogP contribution in [0.15, 0.2) is 10.9 Å². The maximum Gasteiger partial charge on any atom is 0.0795 e. The molecule has 0 radical (unpaired) electrons. The van der Waals surface area contributed by atoms with E-state index in [1.807, 2.05) is 5.51 Å². The minimum absolute atomic E-state index is 0.256. The van der Waals surface area contributed by atoms with Crippen LogP contribution in [-0.4, -0.2) is 4.98 Å². The summed E-state index contributed by atoms with van der Waals surface area (Å²) in [6, 6.07) is 0.256. The Morgan fingerprint density at radius 2 is 2.54 bits per heavy atom. The molecule has 1 aliphatic rings. The summed E-state index contributed by atoms with van der Waals surface area (Å²) in [5, 5.41) is 2.07. The molecule has 1 heterocycles. The second kappa shape index (κ2) is 4.17. The van der Waals surface area contributed by atoms with Crippen molar-refractivity contribution in [2.45, 2.75) is 31.7 Å². The molecule has 1 aromatic rings. The third-order valence-corrected chi connectivity index (χ3v) is 3.17. The zero-order chi connectivity index (χ0) is 9.10. The third-order valence-electron chi connectivity index (χ3n) is 2.57. The molecule has 13 heavy (non-hydrogen) atoms. The minimum Gasteiger partial charge on any atom is -0.271 e. The summed E-state index contributed by atoms with van der Waals surface area (Å²) >= 11 is 1.63. The average Bonchev–Trinajstić information content (AvgIpc) is 2.81. The van der Waals surface area contributed by atoms with Crippen LogP contribution in [0.25, 0.3) is 0 Å². The van der Waals surface area contributed by atoms with Gasteiger partial charge in [-0.05, 0) is 18.8 Å². The summed E-state index contributed by atoms with van der Waals surface area (Å²) in [6.07, 6.45) is 5.22. The number of thiazole rings is 1. The van der Waals surface area contributed by atoms with Crippen LogP contribution in [0.3, 0.4) is 0 Å². The molecule has 0 amide bonds. The lowest BCUT2D eigenvalue weighted by atomic mass is 10.1. The number of rotatable bonds is 5. The van der Waals surface area contributed by atoms with E-state index in [4.69, 9.17) is 5.84 Å². The van der Waals surface area contributed by atoms with Crippen molar-refractivity contribution >= 4 is 11.3 Å². The van der Waals surface area contributed by atoms with Crippen LogP contribution in [0.2, 0.25) is 0 Å². The van der Waals surface area contributed by atoms with E-state index >= 15 is 0 Å². The van der Waals surface area contributed by atoms with Gasteiger partial charge in [0.25, 0.3) is 0 Å². The van der Waals surface area contributed by atoms with Gasteiger partial charge in [-0.1, -0.05) is 12.8 Å². The average molecular weight is 197 g/mol. The summed E-state index contributed by atoms with van der Waals surface area (Å²) < 4.78 is 0. The Bertz CT molecular complexity index is 243. The second-order valence-corrected chi connectivity index (χ2v) is 4.37. The monoisotopic (exact) mass is 197 g/mol. The van der Waals surface area contributed by atoms with Gasteiger partial charge in [-0.3, -0.25) is 11.3 Å². The minimum atomic E-state index is 0.256. The van der Waals surface area contributed by atoms with Crippen molar-refractivity contribution in [1.29, 1.82) is 0 Å². The van der Waals surface area contributed by atoms with Crippen molar-refractivity contribution in [2.75, 3.05) is 0 Å². The van der Waals surface area contributed by atoms with Gasteiger partial charge in [-0.25, -0.2) is 4.98 Å². The molecule has 1 aliphatic carbocycles. The van der Waals surface area contributed by atoms with E-state index in [1.165, 1.54) is 19.3 Å². The molecular weight excluding hydrogens is 182 g/mol.